The van der Waals surface area contributed by atoms with Crippen LogP contribution in [0.3, 0.4) is 0 Å². The molecule has 0 aliphatic rings. The van der Waals surface area contributed by atoms with Crippen LogP contribution in [0.2, 0.25) is 0 Å². The summed E-state index contributed by atoms with van der Waals surface area (Å²) in [4.78, 5) is 8.20. The predicted molar refractivity (Wildman–Crippen MR) is 68.1 cm³/mol. The van der Waals surface area contributed by atoms with Crippen molar-refractivity contribution in [3.8, 4) is 17.0 Å². The number of aromatic nitrogens is 2. The van der Waals surface area contributed by atoms with Gasteiger partial charge in [0.05, 0.1) is 12.8 Å². The molecule has 94 valence electrons. The normalized spacial score (nSPS) is 10.2. The molecule has 1 N–H and O–H groups in total. The van der Waals surface area contributed by atoms with Crippen molar-refractivity contribution >= 4 is 5.82 Å². The van der Waals surface area contributed by atoms with Gasteiger partial charge >= 0.3 is 0 Å². The molecule has 18 heavy (non-hydrogen) atoms. The van der Waals surface area contributed by atoms with Crippen molar-refractivity contribution in [3.05, 3.63) is 36.4 Å². The average molecular weight is 247 g/mol. The van der Waals surface area contributed by atoms with Crippen molar-refractivity contribution in [2.45, 2.75) is 6.92 Å². The zero-order valence-electron chi connectivity index (χ0n) is 10.3. The van der Waals surface area contributed by atoms with E-state index in [1.165, 1.54) is 19.5 Å². The second-order valence-electron chi connectivity index (χ2n) is 3.67. The Labute approximate surface area is 105 Å². The van der Waals surface area contributed by atoms with Gasteiger partial charge in [0.2, 0.25) is 0 Å². The molecule has 0 atom stereocenters. The Bertz CT molecular complexity index is 546. The van der Waals surface area contributed by atoms with E-state index in [2.05, 4.69) is 15.3 Å². The molecule has 0 unspecified atom stereocenters. The molecule has 4 nitrogen and oxygen atoms in total. The van der Waals surface area contributed by atoms with E-state index in [4.69, 9.17) is 4.74 Å². The number of benzene rings is 1. The SMILES string of the molecule is CCNc1cc(-c2ccc(OC)c(F)c2)ncn1. The van der Waals surface area contributed by atoms with Crippen molar-refractivity contribution in [3.63, 3.8) is 0 Å². The van der Waals surface area contributed by atoms with Gasteiger partial charge in [-0.2, -0.15) is 0 Å². The largest absolute Gasteiger partial charge is 0.494 e. The minimum Gasteiger partial charge on any atom is -0.494 e. The maximum atomic E-state index is 13.6. The molecule has 0 aliphatic heterocycles. The Morgan fingerprint density at radius 2 is 2.11 bits per heavy atom. The van der Waals surface area contributed by atoms with Gasteiger partial charge in [0.15, 0.2) is 11.6 Å². The van der Waals surface area contributed by atoms with E-state index >= 15 is 0 Å². The highest BCUT2D eigenvalue weighted by molar-refractivity contribution is 5.63. The van der Waals surface area contributed by atoms with Crippen LogP contribution in [0.15, 0.2) is 30.6 Å². The fourth-order valence-electron chi connectivity index (χ4n) is 1.62. The average Bonchev–Trinajstić information content (AvgIpc) is 2.39. The number of ether oxygens (including phenoxy) is 1. The molecular formula is C13H14FN3O. The fraction of sp³-hybridized carbons (Fsp3) is 0.231. The first kappa shape index (κ1) is 12.3. The predicted octanol–water partition coefficient (Wildman–Crippen LogP) is 2.72. The number of methoxy groups -OCH3 is 1. The van der Waals surface area contributed by atoms with Crippen molar-refractivity contribution in [1.82, 2.24) is 9.97 Å². The summed E-state index contributed by atoms with van der Waals surface area (Å²) >= 11 is 0. The quantitative estimate of drug-likeness (QED) is 0.902. The van der Waals surface area contributed by atoms with Gasteiger partial charge in [-0.05, 0) is 25.1 Å². The molecule has 0 radical (unpaired) electrons. The van der Waals surface area contributed by atoms with E-state index < -0.39 is 5.82 Å². The molecule has 1 aromatic heterocycles. The number of hydrogen-bond donors (Lipinski definition) is 1. The lowest BCUT2D eigenvalue weighted by atomic mass is 10.1. The van der Waals surface area contributed by atoms with E-state index in [0.717, 1.165) is 12.4 Å². The molecule has 2 rings (SSSR count). The molecule has 0 spiro atoms. The van der Waals surface area contributed by atoms with Crippen LogP contribution < -0.4 is 10.1 Å². The molecule has 5 heteroatoms. The molecule has 0 amide bonds. The Morgan fingerprint density at radius 3 is 2.78 bits per heavy atom. The summed E-state index contributed by atoms with van der Waals surface area (Å²) in [6.07, 6.45) is 1.45. The monoisotopic (exact) mass is 247 g/mol. The van der Waals surface area contributed by atoms with Crippen LogP contribution in [0.4, 0.5) is 10.2 Å². The highest BCUT2D eigenvalue weighted by Crippen LogP contribution is 2.24. The lowest BCUT2D eigenvalue weighted by Crippen LogP contribution is -2.00. The Balaban J connectivity index is 2.36. The summed E-state index contributed by atoms with van der Waals surface area (Å²) in [6, 6.07) is 6.53. The maximum Gasteiger partial charge on any atom is 0.165 e. The molecule has 1 aromatic carbocycles. The van der Waals surface area contributed by atoms with Gasteiger partial charge in [-0.25, -0.2) is 14.4 Å². The van der Waals surface area contributed by atoms with Crippen molar-refractivity contribution in [2.24, 2.45) is 0 Å². The summed E-state index contributed by atoms with van der Waals surface area (Å²) in [5.41, 5.74) is 1.36. The molecule has 0 fully saturated rings. The third kappa shape index (κ3) is 2.56. The van der Waals surface area contributed by atoms with Gasteiger partial charge < -0.3 is 10.1 Å². The van der Waals surface area contributed by atoms with E-state index in [-0.39, 0.29) is 5.75 Å². The fourth-order valence-corrected chi connectivity index (χ4v) is 1.62. The molecule has 0 bridgehead atoms. The van der Waals surface area contributed by atoms with Crippen molar-refractivity contribution in [2.75, 3.05) is 19.0 Å². The van der Waals surface area contributed by atoms with E-state index in [1.807, 2.05) is 6.92 Å². The Kier molecular flexibility index (Phi) is 3.72. The molecule has 0 saturated heterocycles. The van der Waals surface area contributed by atoms with Crippen LogP contribution in [-0.4, -0.2) is 23.6 Å². The smallest absolute Gasteiger partial charge is 0.165 e. The van der Waals surface area contributed by atoms with Crippen molar-refractivity contribution < 1.29 is 9.13 Å². The first-order valence-electron chi connectivity index (χ1n) is 5.64. The Morgan fingerprint density at radius 1 is 1.28 bits per heavy atom. The van der Waals surface area contributed by atoms with Crippen LogP contribution in [0.1, 0.15) is 6.92 Å². The number of rotatable bonds is 4. The van der Waals surface area contributed by atoms with Gasteiger partial charge in [0.25, 0.3) is 0 Å². The number of nitrogens with zero attached hydrogens (tertiary/aromatic N) is 2. The summed E-state index contributed by atoms with van der Waals surface area (Å²) in [5.74, 6) is 0.539. The second-order valence-corrected chi connectivity index (χ2v) is 3.67. The third-order valence-corrected chi connectivity index (χ3v) is 2.47. The number of halogens is 1. The Hall–Kier alpha value is -2.17. The minimum absolute atomic E-state index is 0.222. The first-order chi connectivity index (χ1) is 8.74. The molecular weight excluding hydrogens is 233 g/mol. The first-order valence-corrected chi connectivity index (χ1v) is 5.64. The lowest BCUT2D eigenvalue weighted by molar-refractivity contribution is 0.386. The molecule has 0 saturated carbocycles. The lowest BCUT2D eigenvalue weighted by Gasteiger charge is -2.06. The van der Waals surface area contributed by atoms with Crippen LogP contribution in [0, 0.1) is 5.82 Å². The van der Waals surface area contributed by atoms with Crippen molar-refractivity contribution in [1.29, 1.82) is 0 Å². The van der Waals surface area contributed by atoms with Gasteiger partial charge in [-0.15, -0.1) is 0 Å². The van der Waals surface area contributed by atoms with E-state index in [1.54, 1.807) is 18.2 Å². The number of nitrogens with one attached hydrogen (secondary N) is 1. The van der Waals surface area contributed by atoms with Gasteiger partial charge in [-0.3, -0.25) is 0 Å². The van der Waals surface area contributed by atoms with Crippen LogP contribution in [0.5, 0.6) is 5.75 Å². The number of anilines is 1. The second kappa shape index (κ2) is 5.44. The molecule has 2 aromatic rings. The zero-order valence-corrected chi connectivity index (χ0v) is 10.3. The summed E-state index contributed by atoms with van der Waals surface area (Å²) in [5, 5.41) is 3.09. The van der Waals surface area contributed by atoms with Gasteiger partial charge in [0, 0.05) is 18.2 Å². The van der Waals surface area contributed by atoms with Gasteiger partial charge in [-0.1, -0.05) is 0 Å². The highest BCUT2D eigenvalue weighted by atomic mass is 19.1. The minimum atomic E-state index is -0.404. The maximum absolute atomic E-state index is 13.6. The highest BCUT2D eigenvalue weighted by Gasteiger charge is 2.07. The summed E-state index contributed by atoms with van der Waals surface area (Å²) < 4.78 is 18.5. The summed E-state index contributed by atoms with van der Waals surface area (Å²) in [7, 11) is 1.44. The van der Waals surface area contributed by atoms with E-state index in [9.17, 15) is 4.39 Å². The van der Waals surface area contributed by atoms with Crippen LogP contribution in [0.25, 0.3) is 11.3 Å². The van der Waals surface area contributed by atoms with Gasteiger partial charge in [0.1, 0.15) is 12.1 Å². The standard InChI is InChI=1S/C13H14FN3O/c1-3-15-13-7-11(16-8-17-13)9-4-5-12(18-2)10(14)6-9/h4-8H,3H2,1-2H3,(H,15,16,17). The molecule has 1 heterocycles. The third-order valence-electron chi connectivity index (χ3n) is 2.47. The topological polar surface area (TPSA) is 47.0 Å². The zero-order chi connectivity index (χ0) is 13.0. The number of hydrogen-bond acceptors (Lipinski definition) is 4. The van der Waals surface area contributed by atoms with E-state index in [0.29, 0.717) is 11.3 Å². The van der Waals surface area contributed by atoms with Crippen LogP contribution in [-0.2, 0) is 0 Å². The summed E-state index contributed by atoms with van der Waals surface area (Å²) in [6.45, 7) is 2.75. The molecule has 0 aliphatic carbocycles. The van der Waals surface area contributed by atoms with Crippen LogP contribution >= 0.6 is 0 Å².